The SMILES string of the molecule is c1ccc(-n2c3ccccc3c3ccc4c5cc(-c6ccc7[nH]c8ccccc8c7c6)ccc5n(-c5ccccc5)c4c32)cc1. The summed E-state index contributed by atoms with van der Waals surface area (Å²) in [6, 6.07) is 57.2. The summed E-state index contributed by atoms with van der Waals surface area (Å²) in [4.78, 5) is 3.57. The number of nitrogens with one attached hydrogen (secondary N) is 1. The van der Waals surface area contributed by atoms with Gasteiger partial charge in [0.2, 0.25) is 0 Å². The molecule has 3 heteroatoms. The Labute approximate surface area is 259 Å². The molecule has 0 fully saturated rings. The summed E-state index contributed by atoms with van der Waals surface area (Å²) in [5.41, 5.74) is 11.9. The predicted octanol–water partition coefficient (Wildman–Crippen LogP) is 11.2. The van der Waals surface area contributed by atoms with Gasteiger partial charge in [-0.25, -0.2) is 0 Å². The number of benzene rings is 7. The van der Waals surface area contributed by atoms with Crippen LogP contribution in [0, 0.1) is 0 Å². The smallest absolute Gasteiger partial charge is 0.0788 e. The van der Waals surface area contributed by atoms with E-state index in [1.807, 2.05) is 0 Å². The molecule has 0 atom stereocenters. The van der Waals surface area contributed by atoms with Crippen molar-refractivity contribution in [1.29, 1.82) is 0 Å². The zero-order valence-corrected chi connectivity index (χ0v) is 24.4. The summed E-state index contributed by atoms with van der Waals surface area (Å²) in [5.74, 6) is 0. The van der Waals surface area contributed by atoms with Crippen molar-refractivity contribution in [2.24, 2.45) is 0 Å². The standard InChI is InChI=1S/C42H27N3/c1-3-11-29(12-4-1)44-39-18-10-8-16-32(39)33-21-22-34-36-26-28(27-19-23-38-35(25-27)31-15-7-9-17-37(31)43-38)20-24-40(36)45(42(34)41(33)44)30-13-5-2-6-14-30/h1-26,43H. The van der Waals surface area contributed by atoms with Gasteiger partial charge < -0.3 is 14.1 Å². The molecule has 0 spiro atoms. The third kappa shape index (κ3) is 3.46. The van der Waals surface area contributed by atoms with Crippen LogP contribution in [0.4, 0.5) is 0 Å². The molecular formula is C42H27N3. The van der Waals surface area contributed by atoms with Crippen molar-refractivity contribution in [1.82, 2.24) is 14.1 Å². The lowest BCUT2D eigenvalue weighted by Crippen LogP contribution is -1.98. The molecule has 10 rings (SSSR count). The third-order valence-electron chi connectivity index (χ3n) is 9.43. The molecule has 7 aromatic carbocycles. The molecule has 0 aliphatic carbocycles. The van der Waals surface area contributed by atoms with E-state index in [9.17, 15) is 0 Å². The van der Waals surface area contributed by atoms with Crippen LogP contribution in [-0.4, -0.2) is 14.1 Å². The zero-order chi connectivity index (χ0) is 29.5. The second kappa shape index (κ2) is 9.22. The fourth-order valence-corrected chi connectivity index (χ4v) is 7.45. The van der Waals surface area contributed by atoms with Gasteiger partial charge in [-0.15, -0.1) is 0 Å². The first-order valence-corrected chi connectivity index (χ1v) is 15.5. The van der Waals surface area contributed by atoms with Gasteiger partial charge in [-0.3, -0.25) is 0 Å². The summed E-state index contributed by atoms with van der Waals surface area (Å²) < 4.78 is 4.90. The quantitative estimate of drug-likeness (QED) is 0.218. The molecule has 10 aromatic rings. The van der Waals surface area contributed by atoms with Gasteiger partial charge in [0.25, 0.3) is 0 Å². The van der Waals surface area contributed by atoms with Crippen molar-refractivity contribution in [3.05, 3.63) is 158 Å². The van der Waals surface area contributed by atoms with Gasteiger partial charge in [-0.2, -0.15) is 0 Å². The first kappa shape index (κ1) is 24.4. The summed E-state index contributed by atoms with van der Waals surface area (Å²) in [6.07, 6.45) is 0. The van der Waals surface area contributed by atoms with E-state index >= 15 is 0 Å². The highest BCUT2D eigenvalue weighted by Gasteiger charge is 2.21. The molecule has 0 radical (unpaired) electrons. The van der Waals surface area contributed by atoms with Gasteiger partial charge in [0.05, 0.1) is 22.1 Å². The molecule has 0 aliphatic heterocycles. The number of para-hydroxylation sites is 4. The second-order valence-corrected chi connectivity index (χ2v) is 11.9. The number of nitrogens with zero attached hydrogens (tertiary/aromatic N) is 2. The van der Waals surface area contributed by atoms with Gasteiger partial charge in [0.1, 0.15) is 0 Å². The monoisotopic (exact) mass is 573 g/mol. The van der Waals surface area contributed by atoms with Crippen molar-refractivity contribution in [2.45, 2.75) is 0 Å². The van der Waals surface area contributed by atoms with E-state index in [4.69, 9.17) is 0 Å². The number of aromatic amines is 1. The minimum atomic E-state index is 1.16. The van der Waals surface area contributed by atoms with E-state index in [2.05, 4.69) is 172 Å². The minimum absolute atomic E-state index is 1.16. The number of aromatic nitrogens is 3. The van der Waals surface area contributed by atoms with Gasteiger partial charge >= 0.3 is 0 Å². The van der Waals surface area contributed by atoms with Crippen LogP contribution in [0.15, 0.2) is 158 Å². The molecule has 1 N–H and O–H groups in total. The molecular weight excluding hydrogens is 546 g/mol. The average Bonchev–Trinajstić information content (AvgIpc) is 3.76. The molecule has 0 unspecified atom stereocenters. The third-order valence-corrected chi connectivity index (χ3v) is 9.43. The molecule has 210 valence electrons. The maximum Gasteiger partial charge on any atom is 0.0788 e. The molecule has 3 heterocycles. The normalized spacial score (nSPS) is 12.0. The van der Waals surface area contributed by atoms with Crippen molar-refractivity contribution >= 4 is 65.4 Å². The average molecular weight is 574 g/mol. The number of rotatable bonds is 3. The Morgan fingerprint density at radius 1 is 0.333 bits per heavy atom. The second-order valence-electron chi connectivity index (χ2n) is 11.9. The van der Waals surface area contributed by atoms with Crippen molar-refractivity contribution in [2.75, 3.05) is 0 Å². The molecule has 0 aliphatic rings. The van der Waals surface area contributed by atoms with Crippen LogP contribution in [0.3, 0.4) is 0 Å². The number of fused-ring (bicyclic) bond motifs is 10. The van der Waals surface area contributed by atoms with Gasteiger partial charge in [-0.1, -0.05) is 97.1 Å². The summed E-state index contributed by atoms with van der Waals surface area (Å²) >= 11 is 0. The highest BCUT2D eigenvalue weighted by molar-refractivity contribution is 6.24. The lowest BCUT2D eigenvalue weighted by molar-refractivity contribution is 1.15. The van der Waals surface area contributed by atoms with Crippen molar-refractivity contribution in [3.63, 3.8) is 0 Å². The van der Waals surface area contributed by atoms with E-state index in [-0.39, 0.29) is 0 Å². The molecule has 0 saturated carbocycles. The first-order valence-electron chi connectivity index (χ1n) is 15.5. The Kier molecular flexibility index (Phi) is 5.00. The topological polar surface area (TPSA) is 25.6 Å². The predicted molar refractivity (Wildman–Crippen MR) is 190 cm³/mol. The molecule has 0 amide bonds. The lowest BCUT2D eigenvalue weighted by Gasteiger charge is -2.12. The van der Waals surface area contributed by atoms with E-state index in [0.29, 0.717) is 0 Å². The van der Waals surface area contributed by atoms with Crippen molar-refractivity contribution in [3.8, 4) is 22.5 Å². The highest BCUT2D eigenvalue weighted by atomic mass is 15.0. The molecule has 3 nitrogen and oxygen atoms in total. The van der Waals surface area contributed by atoms with E-state index < -0.39 is 0 Å². The Hall–Kier alpha value is -6.06. The van der Waals surface area contributed by atoms with E-state index in [1.54, 1.807) is 0 Å². The Bertz CT molecular complexity index is 2740. The largest absolute Gasteiger partial charge is 0.355 e. The lowest BCUT2D eigenvalue weighted by atomic mass is 10.0. The van der Waals surface area contributed by atoms with Crippen LogP contribution in [0.25, 0.3) is 87.9 Å². The maximum atomic E-state index is 3.57. The van der Waals surface area contributed by atoms with Crippen LogP contribution in [0.2, 0.25) is 0 Å². The fraction of sp³-hybridized carbons (Fsp3) is 0. The Morgan fingerprint density at radius 3 is 1.56 bits per heavy atom. The molecule has 45 heavy (non-hydrogen) atoms. The van der Waals surface area contributed by atoms with Crippen LogP contribution in [-0.2, 0) is 0 Å². The van der Waals surface area contributed by atoms with Gasteiger partial charge in [-0.05, 0) is 71.8 Å². The summed E-state index contributed by atoms with van der Waals surface area (Å²) in [6.45, 7) is 0. The Balaban J connectivity index is 1.33. The van der Waals surface area contributed by atoms with Gasteiger partial charge in [0, 0.05) is 54.7 Å². The Morgan fingerprint density at radius 2 is 0.844 bits per heavy atom. The van der Waals surface area contributed by atoms with Crippen LogP contribution in [0.5, 0.6) is 0 Å². The summed E-state index contributed by atoms with van der Waals surface area (Å²) in [5, 5.41) is 7.52. The minimum Gasteiger partial charge on any atom is -0.355 e. The number of H-pyrrole nitrogens is 1. The molecule has 3 aromatic heterocycles. The van der Waals surface area contributed by atoms with Gasteiger partial charge in [0.15, 0.2) is 0 Å². The number of hydrogen-bond donors (Lipinski definition) is 1. The first-order chi connectivity index (χ1) is 22.3. The van der Waals surface area contributed by atoms with Crippen LogP contribution in [0.1, 0.15) is 0 Å². The maximum absolute atomic E-state index is 3.57. The molecule has 0 bridgehead atoms. The van der Waals surface area contributed by atoms with Crippen molar-refractivity contribution < 1.29 is 0 Å². The van der Waals surface area contributed by atoms with E-state index in [0.717, 1.165) is 16.9 Å². The molecule has 0 saturated heterocycles. The zero-order valence-electron chi connectivity index (χ0n) is 24.4. The number of hydrogen-bond acceptors (Lipinski definition) is 0. The highest BCUT2D eigenvalue weighted by Crippen LogP contribution is 2.42. The van der Waals surface area contributed by atoms with Crippen LogP contribution < -0.4 is 0 Å². The summed E-state index contributed by atoms with van der Waals surface area (Å²) in [7, 11) is 0. The van der Waals surface area contributed by atoms with E-state index in [1.165, 1.54) is 71.0 Å². The van der Waals surface area contributed by atoms with Crippen LogP contribution >= 0.6 is 0 Å². The fourth-order valence-electron chi connectivity index (χ4n) is 7.45.